The van der Waals surface area contributed by atoms with Gasteiger partial charge in [0.05, 0.1) is 7.11 Å². The first-order valence-corrected chi connectivity index (χ1v) is 9.10. The average molecular weight is 353 g/mol. The van der Waals surface area contributed by atoms with Gasteiger partial charge in [0.1, 0.15) is 5.75 Å². The SMILES string of the molecule is COc1ccc(-c2ccccc2)c(-c2cc(CS)cc(CS)c2)c1. The first kappa shape index (κ1) is 17.0. The number of rotatable bonds is 5. The van der Waals surface area contributed by atoms with E-state index in [-0.39, 0.29) is 0 Å². The van der Waals surface area contributed by atoms with Crippen LogP contribution in [0.5, 0.6) is 5.75 Å². The molecule has 0 aliphatic rings. The van der Waals surface area contributed by atoms with Gasteiger partial charge in [-0.3, -0.25) is 0 Å². The first-order chi connectivity index (χ1) is 11.7. The normalized spacial score (nSPS) is 10.6. The van der Waals surface area contributed by atoms with Crippen molar-refractivity contribution in [1.82, 2.24) is 0 Å². The number of hydrogen-bond acceptors (Lipinski definition) is 3. The number of hydrogen-bond donors (Lipinski definition) is 2. The molecule has 0 atom stereocenters. The van der Waals surface area contributed by atoms with Crippen LogP contribution in [0.2, 0.25) is 0 Å². The molecule has 0 heterocycles. The van der Waals surface area contributed by atoms with E-state index >= 15 is 0 Å². The van der Waals surface area contributed by atoms with Crippen molar-refractivity contribution in [2.45, 2.75) is 11.5 Å². The van der Waals surface area contributed by atoms with E-state index in [1.807, 2.05) is 12.1 Å². The molecule has 0 radical (unpaired) electrons. The maximum atomic E-state index is 5.45. The molecule has 0 spiro atoms. The van der Waals surface area contributed by atoms with Crippen molar-refractivity contribution in [2.75, 3.05) is 7.11 Å². The Hall–Kier alpha value is -1.84. The van der Waals surface area contributed by atoms with Gasteiger partial charge in [0.25, 0.3) is 0 Å². The molecule has 0 aliphatic carbocycles. The minimum atomic E-state index is 0.708. The summed E-state index contributed by atoms with van der Waals surface area (Å²) in [7, 11) is 1.70. The van der Waals surface area contributed by atoms with Crippen LogP contribution in [0.4, 0.5) is 0 Å². The number of methoxy groups -OCH3 is 1. The lowest BCUT2D eigenvalue weighted by Gasteiger charge is -2.14. The second-order valence-electron chi connectivity index (χ2n) is 5.63. The van der Waals surface area contributed by atoms with Gasteiger partial charge in [-0.1, -0.05) is 54.6 Å². The van der Waals surface area contributed by atoms with Crippen molar-refractivity contribution in [1.29, 1.82) is 0 Å². The first-order valence-electron chi connectivity index (χ1n) is 7.83. The Morgan fingerprint density at radius 3 is 1.96 bits per heavy atom. The summed E-state index contributed by atoms with van der Waals surface area (Å²) in [5.74, 6) is 2.27. The molecule has 0 bridgehead atoms. The third kappa shape index (κ3) is 3.63. The van der Waals surface area contributed by atoms with Gasteiger partial charge in [-0.15, -0.1) is 0 Å². The van der Waals surface area contributed by atoms with E-state index in [1.165, 1.54) is 27.8 Å². The van der Waals surface area contributed by atoms with Gasteiger partial charge in [-0.25, -0.2) is 0 Å². The molecular formula is C21H20OS2. The fourth-order valence-corrected chi connectivity index (χ4v) is 3.22. The van der Waals surface area contributed by atoms with Crippen molar-refractivity contribution in [2.24, 2.45) is 0 Å². The quantitative estimate of drug-likeness (QED) is 0.545. The fraction of sp³-hybridized carbons (Fsp3) is 0.143. The minimum Gasteiger partial charge on any atom is -0.497 e. The molecule has 0 unspecified atom stereocenters. The van der Waals surface area contributed by atoms with Crippen LogP contribution < -0.4 is 4.74 Å². The smallest absolute Gasteiger partial charge is 0.119 e. The van der Waals surface area contributed by atoms with Crippen LogP contribution in [0.25, 0.3) is 22.3 Å². The van der Waals surface area contributed by atoms with Gasteiger partial charge in [0.2, 0.25) is 0 Å². The van der Waals surface area contributed by atoms with Gasteiger partial charge in [-0.05, 0) is 45.5 Å². The highest BCUT2D eigenvalue weighted by Gasteiger charge is 2.11. The largest absolute Gasteiger partial charge is 0.497 e. The number of ether oxygens (including phenoxy) is 1. The summed E-state index contributed by atoms with van der Waals surface area (Å²) in [4.78, 5) is 0. The monoisotopic (exact) mass is 352 g/mol. The van der Waals surface area contributed by atoms with E-state index in [0.717, 1.165) is 11.3 Å². The summed E-state index contributed by atoms with van der Waals surface area (Å²) in [5, 5.41) is 0. The average Bonchev–Trinajstić information content (AvgIpc) is 2.67. The van der Waals surface area contributed by atoms with Crippen LogP contribution in [-0.4, -0.2) is 7.11 Å². The van der Waals surface area contributed by atoms with Crippen LogP contribution in [-0.2, 0) is 11.5 Å². The fourth-order valence-electron chi connectivity index (χ4n) is 2.86. The van der Waals surface area contributed by atoms with Crippen LogP contribution in [0, 0.1) is 0 Å². The Kier molecular flexibility index (Phi) is 5.54. The van der Waals surface area contributed by atoms with Gasteiger partial charge < -0.3 is 4.74 Å². The van der Waals surface area contributed by atoms with Crippen molar-refractivity contribution >= 4 is 25.3 Å². The summed E-state index contributed by atoms with van der Waals surface area (Å²) < 4.78 is 5.45. The molecule has 24 heavy (non-hydrogen) atoms. The van der Waals surface area contributed by atoms with E-state index in [2.05, 4.69) is 79.9 Å². The molecule has 0 saturated carbocycles. The highest BCUT2D eigenvalue weighted by molar-refractivity contribution is 7.79. The van der Waals surface area contributed by atoms with E-state index in [1.54, 1.807) is 7.11 Å². The predicted octanol–water partition coefficient (Wildman–Crippen LogP) is 5.89. The molecule has 3 heteroatoms. The summed E-state index contributed by atoms with van der Waals surface area (Å²) in [6, 6.07) is 23.2. The van der Waals surface area contributed by atoms with Gasteiger partial charge in [0.15, 0.2) is 0 Å². The number of thiol groups is 2. The zero-order valence-electron chi connectivity index (χ0n) is 13.6. The van der Waals surface area contributed by atoms with Crippen LogP contribution >= 0.6 is 25.3 Å². The molecule has 3 rings (SSSR count). The van der Waals surface area contributed by atoms with Crippen molar-refractivity contribution in [3.8, 4) is 28.0 Å². The molecule has 3 aromatic carbocycles. The second-order valence-corrected chi connectivity index (χ2v) is 6.26. The lowest BCUT2D eigenvalue weighted by molar-refractivity contribution is 0.415. The Morgan fingerprint density at radius 1 is 0.708 bits per heavy atom. The highest BCUT2D eigenvalue weighted by atomic mass is 32.1. The molecule has 0 aromatic heterocycles. The third-order valence-electron chi connectivity index (χ3n) is 4.04. The van der Waals surface area contributed by atoms with Crippen molar-refractivity contribution < 1.29 is 4.74 Å². The van der Waals surface area contributed by atoms with Gasteiger partial charge in [0, 0.05) is 11.5 Å². The molecule has 3 aromatic rings. The lowest BCUT2D eigenvalue weighted by Crippen LogP contribution is -1.92. The van der Waals surface area contributed by atoms with Crippen LogP contribution in [0.1, 0.15) is 11.1 Å². The zero-order valence-corrected chi connectivity index (χ0v) is 15.4. The molecule has 0 N–H and O–H groups in total. The van der Waals surface area contributed by atoms with E-state index in [0.29, 0.717) is 11.5 Å². The summed E-state index contributed by atoms with van der Waals surface area (Å²) >= 11 is 8.88. The van der Waals surface area contributed by atoms with Crippen molar-refractivity contribution in [3.63, 3.8) is 0 Å². The van der Waals surface area contributed by atoms with Gasteiger partial charge in [-0.2, -0.15) is 25.3 Å². The molecule has 0 aliphatic heterocycles. The molecule has 0 fully saturated rings. The summed E-state index contributed by atoms with van der Waals surface area (Å²) in [5.41, 5.74) is 7.11. The Labute approximate surface area is 154 Å². The zero-order chi connectivity index (χ0) is 16.9. The molecule has 0 amide bonds. The lowest BCUT2D eigenvalue weighted by atomic mass is 9.92. The molecular weight excluding hydrogens is 332 g/mol. The number of benzene rings is 3. The van der Waals surface area contributed by atoms with E-state index in [9.17, 15) is 0 Å². The maximum Gasteiger partial charge on any atom is 0.119 e. The topological polar surface area (TPSA) is 9.23 Å². The maximum absolute atomic E-state index is 5.45. The second kappa shape index (κ2) is 7.82. The highest BCUT2D eigenvalue weighted by Crippen LogP contribution is 2.36. The van der Waals surface area contributed by atoms with Crippen LogP contribution in [0.15, 0.2) is 66.7 Å². The minimum absolute atomic E-state index is 0.708. The summed E-state index contributed by atoms with van der Waals surface area (Å²) in [6.45, 7) is 0. The van der Waals surface area contributed by atoms with Crippen molar-refractivity contribution in [3.05, 3.63) is 77.9 Å². The summed E-state index contributed by atoms with van der Waals surface area (Å²) in [6.07, 6.45) is 0. The molecule has 122 valence electrons. The Balaban J connectivity index is 2.22. The Morgan fingerprint density at radius 2 is 1.38 bits per heavy atom. The van der Waals surface area contributed by atoms with E-state index < -0.39 is 0 Å². The molecule has 1 nitrogen and oxygen atoms in total. The Bertz CT molecular complexity index is 806. The van der Waals surface area contributed by atoms with Crippen LogP contribution in [0.3, 0.4) is 0 Å². The predicted molar refractivity (Wildman–Crippen MR) is 109 cm³/mol. The van der Waals surface area contributed by atoms with Gasteiger partial charge >= 0.3 is 0 Å². The van der Waals surface area contributed by atoms with E-state index in [4.69, 9.17) is 4.74 Å². The standard InChI is InChI=1S/C21H20OS2/c1-22-19-7-8-20(17-5-3-2-4-6-17)21(12-19)18-10-15(13-23)9-16(11-18)14-24/h2-12,23-24H,13-14H2,1H3. The molecule has 0 saturated heterocycles. The third-order valence-corrected chi connectivity index (χ3v) is 4.77.